The minimum absolute atomic E-state index is 0.216. The second-order valence-electron chi connectivity index (χ2n) is 4.48. The van der Waals surface area contributed by atoms with Crippen LogP contribution in [-0.2, 0) is 4.79 Å². The Balaban J connectivity index is 2.28. The summed E-state index contributed by atoms with van der Waals surface area (Å²) in [5, 5.41) is 9.09. The van der Waals surface area contributed by atoms with E-state index in [1.54, 1.807) is 6.07 Å². The fourth-order valence-electron chi connectivity index (χ4n) is 2.21. The fourth-order valence-corrected chi connectivity index (χ4v) is 2.88. The predicted octanol–water partition coefficient (Wildman–Crippen LogP) is 2.45. The number of hydrogen-bond acceptors (Lipinski definition) is 2. The van der Waals surface area contributed by atoms with Crippen molar-refractivity contribution >= 4 is 27.8 Å². The lowest BCUT2D eigenvalue weighted by Crippen LogP contribution is -2.40. The molecular weight excluding hydrogens is 298 g/mol. The third kappa shape index (κ3) is 2.41. The van der Waals surface area contributed by atoms with Crippen molar-refractivity contribution in [1.29, 1.82) is 0 Å². The van der Waals surface area contributed by atoms with Crippen molar-refractivity contribution in [1.82, 2.24) is 4.90 Å². The van der Waals surface area contributed by atoms with E-state index in [2.05, 4.69) is 15.9 Å². The maximum atomic E-state index is 12.3. The topological polar surface area (TPSA) is 57.6 Å². The molecular formula is C13H14BrNO3. The number of carboxylic acid groups (broad SMARTS) is 1. The second kappa shape index (κ2) is 5.10. The Labute approximate surface area is 114 Å². The Hall–Kier alpha value is -1.36. The van der Waals surface area contributed by atoms with E-state index < -0.39 is 12.0 Å². The quantitative estimate of drug-likeness (QED) is 0.912. The predicted molar refractivity (Wildman–Crippen MR) is 70.6 cm³/mol. The van der Waals surface area contributed by atoms with Crippen LogP contribution in [0, 0.1) is 6.92 Å². The van der Waals surface area contributed by atoms with Gasteiger partial charge in [-0.15, -0.1) is 0 Å². The third-order valence-electron chi connectivity index (χ3n) is 3.15. The van der Waals surface area contributed by atoms with Crippen molar-refractivity contribution in [3.05, 3.63) is 33.8 Å². The van der Waals surface area contributed by atoms with Crippen LogP contribution < -0.4 is 0 Å². The molecule has 1 fully saturated rings. The summed E-state index contributed by atoms with van der Waals surface area (Å²) in [4.78, 5) is 24.8. The molecule has 1 atom stereocenters. The molecule has 96 valence electrons. The minimum atomic E-state index is -0.927. The Morgan fingerprint density at radius 3 is 2.78 bits per heavy atom. The second-order valence-corrected chi connectivity index (χ2v) is 5.33. The van der Waals surface area contributed by atoms with E-state index in [0.717, 1.165) is 12.0 Å². The first-order chi connectivity index (χ1) is 8.50. The lowest BCUT2D eigenvalue weighted by atomic mass is 10.1. The minimum Gasteiger partial charge on any atom is -0.480 e. The lowest BCUT2D eigenvalue weighted by molar-refractivity contribution is -0.141. The molecule has 18 heavy (non-hydrogen) atoms. The highest BCUT2D eigenvalue weighted by Gasteiger charge is 2.34. The van der Waals surface area contributed by atoms with Gasteiger partial charge in [-0.25, -0.2) is 4.79 Å². The van der Waals surface area contributed by atoms with Crippen molar-refractivity contribution < 1.29 is 14.7 Å². The average molecular weight is 312 g/mol. The number of aliphatic carboxylic acids is 1. The first-order valence-electron chi connectivity index (χ1n) is 5.80. The van der Waals surface area contributed by atoms with Gasteiger partial charge in [0, 0.05) is 11.0 Å². The van der Waals surface area contributed by atoms with Gasteiger partial charge in [0.15, 0.2) is 0 Å². The number of carboxylic acids is 1. The van der Waals surface area contributed by atoms with Gasteiger partial charge in [0.2, 0.25) is 0 Å². The van der Waals surface area contributed by atoms with Gasteiger partial charge in [0.25, 0.3) is 5.91 Å². The largest absolute Gasteiger partial charge is 0.480 e. The van der Waals surface area contributed by atoms with Crippen LogP contribution >= 0.6 is 15.9 Å². The molecule has 0 bridgehead atoms. The summed E-state index contributed by atoms with van der Waals surface area (Å²) < 4.78 is 0.712. The first-order valence-corrected chi connectivity index (χ1v) is 6.60. The van der Waals surface area contributed by atoms with E-state index in [1.165, 1.54) is 4.90 Å². The van der Waals surface area contributed by atoms with Gasteiger partial charge in [-0.1, -0.05) is 6.07 Å². The number of carbonyl (C=O) groups is 2. The normalized spacial score (nSPS) is 19.0. The van der Waals surface area contributed by atoms with E-state index in [0.29, 0.717) is 23.0 Å². The van der Waals surface area contributed by atoms with E-state index in [9.17, 15) is 9.59 Å². The van der Waals surface area contributed by atoms with Gasteiger partial charge in [0.05, 0.1) is 5.56 Å². The summed E-state index contributed by atoms with van der Waals surface area (Å²) >= 11 is 3.36. The molecule has 1 heterocycles. The van der Waals surface area contributed by atoms with Gasteiger partial charge in [0.1, 0.15) is 6.04 Å². The lowest BCUT2D eigenvalue weighted by Gasteiger charge is -2.22. The van der Waals surface area contributed by atoms with E-state index in [1.807, 2.05) is 19.1 Å². The Morgan fingerprint density at radius 1 is 1.44 bits per heavy atom. The number of carbonyl (C=O) groups excluding carboxylic acids is 1. The Morgan fingerprint density at radius 2 is 2.17 bits per heavy atom. The molecule has 1 amide bonds. The number of aryl methyl sites for hydroxylation is 1. The fraction of sp³-hybridized carbons (Fsp3) is 0.385. The summed E-state index contributed by atoms with van der Waals surface area (Å²) in [7, 11) is 0. The van der Waals surface area contributed by atoms with Crippen molar-refractivity contribution in [2.24, 2.45) is 0 Å². The number of hydrogen-bond donors (Lipinski definition) is 1. The molecule has 1 aliphatic heterocycles. The zero-order valence-corrected chi connectivity index (χ0v) is 11.6. The van der Waals surface area contributed by atoms with Gasteiger partial charge in [-0.05, 0) is 53.4 Å². The molecule has 0 saturated carbocycles. The van der Waals surface area contributed by atoms with Gasteiger partial charge in [-0.2, -0.15) is 0 Å². The average Bonchev–Trinajstić information content (AvgIpc) is 2.77. The van der Waals surface area contributed by atoms with Crippen LogP contribution in [0.4, 0.5) is 0 Å². The van der Waals surface area contributed by atoms with Crippen LogP contribution in [0.5, 0.6) is 0 Å². The molecule has 0 radical (unpaired) electrons. The maximum absolute atomic E-state index is 12.3. The van der Waals surface area contributed by atoms with Crippen molar-refractivity contribution in [3.63, 3.8) is 0 Å². The highest BCUT2D eigenvalue weighted by molar-refractivity contribution is 9.10. The molecule has 0 spiro atoms. The highest BCUT2D eigenvalue weighted by Crippen LogP contribution is 2.25. The Bertz CT molecular complexity index is 501. The Kier molecular flexibility index (Phi) is 3.71. The molecule has 0 aromatic heterocycles. The SMILES string of the molecule is Cc1ccc(C(=O)N2CCCC2C(=O)O)c(Br)c1. The molecule has 0 aliphatic carbocycles. The van der Waals surface area contributed by atoms with Crippen LogP contribution in [0.2, 0.25) is 0 Å². The van der Waals surface area contributed by atoms with Gasteiger partial charge in [-0.3, -0.25) is 4.79 Å². The molecule has 1 N–H and O–H groups in total. The van der Waals surface area contributed by atoms with Crippen molar-refractivity contribution in [3.8, 4) is 0 Å². The monoisotopic (exact) mass is 311 g/mol. The molecule has 2 rings (SSSR count). The molecule has 1 unspecified atom stereocenters. The van der Waals surface area contributed by atoms with Crippen LogP contribution in [-0.4, -0.2) is 34.5 Å². The molecule has 1 aliphatic rings. The third-order valence-corrected chi connectivity index (χ3v) is 3.81. The number of amides is 1. The smallest absolute Gasteiger partial charge is 0.326 e. The highest BCUT2D eigenvalue weighted by atomic mass is 79.9. The maximum Gasteiger partial charge on any atom is 0.326 e. The van der Waals surface area contributed by atoms with Crippen LogP contribution in [0.1, 0.15) is 28.8 Å². The molecule has 1 aromatic rings. The van der Waals surface area contributed by atoms with Gasteiger partial charge < -0.3 is 10.0 Å². The molecule has 1 aromatic carbocycles. The number of likely N-dealkylation sites (tertiary alicyclic amines) is 1. The summed E-state index contributed by atoms with van der Waals surface area (Å²) in [6.07, 6.45) is 1.27. The summed E-state index contributed by atoms with van der Waals surface area (Å²) in [5.41, 5.74) is 1.57. The molecule has 1 saturated heterocycles. The number of nitrogens with zero attached hydrogens (tertiary/aromatic N) is 1. The van der Waals surface area contributed by atoms with E-state index >= 15 is 0 Å². The van der Waals surface area contributed by atoms with Crippen LogP contribution in [0.15, 0.2) is 22.7 Å². The number of benzene rings is 1. The zero-order chi connectivity index (χ0) is 13.3. The van der Waals surface area contributed by atoms with Crippen molar-refractivity contribution in [2.45, 2.75) is 25.8 Å². The van der Waals surface area contributed by atoms with E-state index in [-0.39, 0.29) is 5.91 Å². The van der Waals surface area contributed by atoms with Gasteiger partial charge >= 0.3 is 5.97 Å². The van der Waals surface area contributed by atoms with Crippen LogP contribution in [0.3, 0.4) is 0 Å². The number of rotatable bonds is 2. The van der Waals surface area contributed by atoms with Crippen LogP contribution in [0.25, 0.3) is 0 Å². The summed E-state index contributed by atoms with van der Waals surface area (Å²) in [6, 6.07) is 4.76. The van der Waals surface area contributed by atoms with E-state index in [4.69, 9.17) is 5.11 Å². The summed E-state index contributed by atoms with van der Waals surface area (Å²) in [6.45, 7) is 2.45. The number of halogens is 1. The first kappa shape index (κ1) is 13.1. The standard InChI is InChI=1S/C13H14BrNO3/c1-8-4-5-9(10(14)7-8)12(16)15-6-2-3-11(15)13(17)18/h4-5,7,11H,2-3,6H2,1H3,(H,17,18). The van der Waals surface area contributed by atoms with Crippen molar-refractivity contribution in [2.75, 3.05) is 6.54 Å². The molecule has 4 nitrogen and oxygen atoms in total. The molecule has 5 heteroatoms. The summed E-state index contributed by atoms with van der Waals surface area (Å²) in [5.74, 6) is -1.14. The zero-order valence-electron chi connectivity index (χ0n) is 10.0.